The van der Waals surface area contributed by atoms with Crippen LogP contribution in [0.2, 0.25) is 0 Å². The first-order chi connectivity index (χ1) is 15.3. The molecular weight excluding hydrogens is 605 g/mol. The second-order valence-electron chi connectivity index (χ2n) is 6.85. The van der Waals surface area contributed by atoms with Crippen molar-refractivity contribution in [2.75, 3.05) is 14.2 Å². The molecular formula is C26H31AuO6. The Morgan fingerprint density at radius 1 is 0.879 bits per heavy atom. The molecule has 0 aliphatic carbocycles. The van der Waals surface area contributed by atoms with Crippen LogP contribution in [0.15, 0.2) is 48.6 Å². The Morgan fingerprint density at radius 3 is 1.61 bits per heavy atom. The Morgan fingerprint density at radius 2 is 1.30 bits per heavy atom. The van der Waals surface area contributed by atoms with Crippen LogP contribution >= 0.6 is 0 Å². The van der Waals surface area contributed by atoms with Crippen LogP contribution < -0.4 is 9.47 Å². The molecule has 6 nitrogen and oxygen atoms in total. The predicted octanol–water partition coefficient (Wildman–Crippen LogP) is 5.38. The fourth-order valence-electron chi connectivity index (χ4n) is 2.51. The van der Waals surface area contributed by atoms with E-state index in [1.165, 1.54) is 51.3 Å². The van der Waals surface area contributed by atoms with Crippen molar-refractivity contribution in [3.8, 4) is 23.0 Å². The van der Waals surface area contributed by atoms with Crippen LogP contribution in [0.3, 0.4) is 0 Å². The molecule has 33 heavy (non-hydrogen) atoms. The minimum atomic E-state index is -0.347. The molecule has 0 radical (unpaired) electrons. The molecule has 0 bridgehead atoms. The van der Waals surface area contributed by atoms with Gasteiger partial charge in [0.1, 0.15) is 0 Å². The molecule has 0 heterocycles. The molecule has 0 aromatic heterocycles. The largest absolute Gasteiger partial charge is 1.00 e. The van der Waals surface area contributed by atoms with Gasteiger partial charge in [0.2, 0.25) is 0 Å². The van der Waals surface area contributed by atoms with Gasteiger partial charge in [0.05, 0.1) is 20.6 Å². The Balaban J connectivity index is 0.00000154. The summed E-state index contributed by atoms with van der Waals surface area (Å²) in [4.78, 5) is 23.9. The van der Waals surface area contributed by atoms with Crippen molar-refractivity contribution in [1.82, 2.24) is 0 Å². The summed E-state index contributed by atoms with van der Waals surface area (Å²) in [5.41, 5.74) is 1.33. The molecule has 2 aromatic carbocycles. The minimum absolute atomic E-state index is 0. The van der Waals surface area contributed by atoms with Gasteiger partial charge in [-0.05, 0) is 47.5 Å². The van der Waals surface area contributed by atoms with Crippen LogP contribution in [-0.4, -0.2) is 36.0 Å². The smallest absolute Gasteiger partial charge is 0.504 e. The quantitative estimate of drug-likeness (QED) is 0.158. The number of rotatable bonds is 10. The van der Waals surface area contributed by atoms with Gasteiger partial charge in [-0.15, -0.1) is 0 Å². The maximum atomic E-state index is 11.9. The topological polar surface area (TPSA) is 93.1 Å². The van der Waals surface area contributed by atoms with E-state index >= 15 is 0 Å². The number of hydrogen-bond acceptors (Lipinski definition) is 6. The number of methoxy groups -OCH3 is 2. The number of allylic oxidation sites excluding steroid dienone is 2. The number of phenols is 2. The molecule has 2 N–H and O–H groups in total. The van der Waals surface area contributed by atoms with Gasteiger partial charge in [0, 0.05) is 0 Å². The van der Waals surface area contributed by atoms with Gasteiger partial charge in [-0.2, -0.15) is 6.42 Å². The van der Waals surface area contributed by atoms with Gasteiger partial charge in [-0.3, -0.25) is 9.59 Å². The molecule has 0 spiro atoms. The number of benzene rings is 2. The van der Waals surface area contributed by atoms with Gasteiger partial charge in [0.25, 0.3) is 0 Å². The number of ether oxygens (including phenoxy) is 2. The SMILES string of the molecule is COc1cc(/C=C/C(=O)CC(=O)/C=C/c2ccc(O)c(OC)c2)ccc1O.[Au+].[CH2-]CCCC. The van der Waals surface area contributed by atoms with E-state index in [4.69, 9.17) is 9.47 Å². The van der Waals surface area contributed by atoms with Crippen molar-refractivity contribution in [2.24, 2.45) is 0 Å². The summed E-state index contributed by atoms with van der Waals surface area (Å²) >= 11 is 0. The number of carbonyl (C=O) groups is 2. The molecule has 182 valence electrons. The Bertz CT molecular complexity index is 874. The summed E-state index contributed by atoms with van der Waals surface area (Å²) in [5.74, 6) is -0.0832. The van der Waals surface area contributed by atoms with Crippen molar-refractivity contribution >= 4 is 23.7 Å². The Kier molecular flexibility index (Phi) is 15.4. The standard InChI is InChI=1S/C21H20O6.C5H11.Au/c1-26-20-11-14(5-9-18(20)24)3-7-16(22)13-17(23)8-4-15-6-10-19(25)21(12-15)27-2;1-3-5-4-2;/h3-12,24-25H,13H2,1-2H3;1,3-5H2,2H3;/q;-1;+1/b7-3+,8-4+;;. The maximum Gasteiger partial charge on any atom is 1.00 e. The molecule has 0 aliphatic rings. The Labute approximate surface area is 211 Å². The average Bonchev–Trinajstić information content (AvgIpc) is 2.79. The number of phenolic OH excluding ortho intramolecular Hbond substituents is 2. The third-order valence-corrected chi connectivity index (χ3v) is 4.28. The van der Waals surface area contributed by atoms with Crippen molar-refractivity contribution in [3.05, 3.63) is 66.6 Å². The molecule has 0 atom stereocenters. The molecule has 7 heteroatoms. The van der Waals surface area contributed by atoms with E-state index in [2.05, 4.69) is 13.8 Å². The van der Waals surface area contributed by atoms with Crippen molar-refractivity contribution in [1.29, 1.82) is 0 Å². The third kappa shape index (κ3) is 11.6. The van der Waals surface area contributed by atoms with Crippen LogP contribution in [0.25, 0.3) is 12.2 Å². The zero-order valence-electron chi connectivity index (χ0n) is 19.1. The van der Waals surface area contributed by atoms with Crippen molar-refractivity contribution < 1.29 is 51.7 Å². The van der Waals surface area contributed by atoms with Crippen LogP contribution in [0.4, 0.5) is 0 Å². The first-order valence-electron chi connectivity index (χ1n) is 10.3. The summed E-state index contributed by atoms with van der Waals surface area (Å²) in [6.07, 6.45) is 9.10. The van der Waals surface area contributed by atoms with Gasteiger partial charge < -0.3 is 26.6 Å². The van der Waals surface area contributed by atoms with Crippen LogP contribution in [0, 0.1) is 6.92 Å². The van der Waals surface area contributed by atoms with Crippen molar-refractivity contribution in [2.45, 2.75) is 32.6 Å². The first-order valence-corrected chi connectivity index (χ1v) is 10.3. The van der Waals surface area contributed by atoms with E-state index < -0.39 is 0 Å². The first kappa shape index (κ1) is 30.2. The number of carbonyl (C=O) groups excluding carboxylic acids is 2. The molecule has 0 amide bonds. The fourth-order valence-corrected chi connectivity index (χ4v) is 2.51. The summed E-state index contributed by atoms with van der Waals surface area (Å²) in [7, 11) is 2.87. The summed E-state index contributed by atoms with van der Waals surface area (Å²) < 4.78 is 10.00. The molecule has 0 unspecified atom stereocenters. The molecule has 0 saturated heterocycles. The number of aromatic hydroxyl groups is 2. The maximum absolute atomic E-state index is 11.9. The monoisotopic (exact) mass is 636 g/mol. The molecule has 2 rings (SSSR count). The zero-order valence-corrected chi connectivity index (χ0v) is 21.3. The van der Waals surface area contributed by atoms with E-state index in [9.17, 15) is 19.8 Å². The normalized spacial score (nSPS) is 10.3. The third-order valence-electron chi connectivity index (χ3n) is 4.28. The molecule has 2 aromatic rings. The molecule has 0 aliphatic heterocycles. The number of unbranched alkanes of at least 4 members (excludes halogenated alkanes) is 2. The fraction of sp³-hybridized carbons (Fsp3) is 0.269. The molecule has 0 fully saturated rings. The summed E-state index contributed by atoms with van der Waals surface area (Å²) in [5, 5.41) is 19.1. The van der Waals surface area contributed by atoms with Gasteiger partial charge in [-0.25, -0.2) is 0 Å². The van der Waals surface area contributed by atoms with Gasteiger partial charge >= 0.3 is 22.4 Å². The van der Waals surface area contributed by atoms with Crippen molar-refractivity contribution in [3.63, 3.8) is 0 Å². The molecule has 0 saturated carbocycles. The summed E-state index contributed by atoms with van der Waals surface area (Å²) in [6, 6.07) is 9.34. The predicted molar refractivity (Wildman–Crippen MR) is 127 cm³/mol. The van der Waals surface area contributed by atoms with E-state index in [1.807, 2.05) is 0 Å². The van der Waals surface area contributed by atoms with E-state index in [-0.39, 0.29) is 51.9 Å². The van der Waals surface area contributed by atoms with E-state index in [0.29, 0.717) is 22.6 Å². The van der Waals surface area contributed by atoms with E-state index in [0.717, 1.165) is 6.42 Å². The average molecular weight is 636 g/mol. The van der Waals surface area contributed by atoms with Crippen LogP contribution in [-0.2, 0) is 32.0 Å². The van der Waals surface area contributed by atoms with E-state index in [1.54, 1.807) is 36.4 Å². The summed E-state index contributed by atoms with van der Waals surface area (Å²) in [6.45, 7) is 5.85. The minimum Gasteiger partial charge on any atom is -0.504 e. The van der Waals surface area contributed by atoms with Crippen LogP contribution in [0.5, 0.6) is 23.0 Å². The zero-order chi connectivity index (χ0) is 23.9. The second kappa shape index (κ2) is 16.8. The number of ketones is 2. The van der Waals surface area contributed by atoms with Gasteiger partial charge in [0.15, 0.2) is 34.6 Å². The van der Waals surface area contributed by atoms with Gasteiger partial charge in [-0.1, -0.05) is 44.1 Å². The Hall–Kier alpha value is -2.80. The number of hydrogen-bond donors (Lipinski definition) is 2. The van der Waals surface area contributed by atoms with Crippen LogP contribution in [0.1, 0.15) is 43.7 Å². The second-order valence-corrected chi connectivity index (χ2v) is 6.85.